The molecule has 37 heavy (non-hydrogen) atoms. The summed E-state index contributed by atoms with van der Waals surface area (Å²) in [4.78, 5) is 27.9. The van der Waals surface area contributed by atoms with Gasteiger partial charge in [-0.05, 0) is 73.4 Å². The van der Waals surface area contributed by atoms with Crippen LogP contribution in [0.15, 0.2) is 42.5 Å². The summed E-state index contributed by atoms with van der Waals surface area (Å²) in [6.07, 6.45) is 3.72. The number of aromatic nitrogens is 2. The molecular weight excluding hydrogens is 464 g/mol. The molecule has 2 amide bonds. The Balaban J connectivity index is 1.16. The first-order valence-electron chi connectivity index (χ1n) is 13.3. The fraction of sp³-hybridized carbons (Fsp3) is 0.433. The third-order valence-electron chi connectivity index (χ3n) is 8.15. The van der Waals surface area contributed by atoms with E-state index in [9.17, 15) is 9.59 Å². The summed E-state index contributed by atoms with van der Waals surface area (Å²) in [6, 6.07) is 13.8. The van der Waals surface area contributed by atoms with Gasteiger partial charge >= 0.3 is 0 Å². The molecule has 3 heterocycles. The van der Waals surface area contributed by atoms with Gasteiger partial charge in [0.1, 0.15) is 0 Å². The second-order valence-corrected chi connectivity index (χ2v) is 11.5. The van der Waals surface area contributed by atoms with Crippen LogP contribution in [0.3, 0.4) is 0 Å². The van der Waals surface area contributed by atoms with Crippen LogP contribution in [0, 0.1) is 5.41 Å². The lowest BCUT2D eigenvalue weighted by atomic mass is 9.90. The molecule has 1 aromatic heterocycles. The number of ether oxygens (including phenoxy) is 1. The first-order valence-corrected chi connectivity index (χ1v) is 13.3. The van der Waals surface area contributed by atoms with E-state index in [0.29, 0.717) is 25.3 Å². The number of hydrogen-bond donors (Lipinski definition) is 2. The number of hydrogen-bond acceptors (Lipinski definition) is 4. The van der Waals surface area contributed by atoms with Gasteiger partial charge in [0.2, 0.25) is 0 Å². The highest BCUT2D eigenvalue weighted by Gasteiger charge is 2.35. The van der Waals surface area contributed by atoms with E-state index in [-0.39, 0.29) is 29.3 Å². The molecule has 2 aliphatic heterocycles. The van der Waals surface area contributed by atoms with E-state index in [2.05, 4.69) is 35.4 Å². The van der Waals surface area contributed by atoms with E-state index in [1.807, 2.05) is 48.2 Å². The van der Waals surface area contributed by atoms with Crippen LogP contribution in [0.2, 0.25) is 0 Å². The van der Waals surface area contributed by atoms with Crippen molar-refractivity contribution in [3.8, 4) is 11.3 Å². The summed E-state index contributed by atoms with van der Waals surface area (Å²) in [7, 11) is 0. The predicted octanol–water partition coefficient (Wildman–Crippen LogP) is 4.83. The smallest absolute Gasteiger partial charge is 0.255 e. The summed E-state index contributed by atoms with van der Waals surface area (Å²) in [5.41, 5.74) is 8.31. The summed E-state index contributed by atoms with van der Waals surface area (Å²) in [5.74, 6) is -0.0136. The van der Waals surface area contributed by atoms with Crippen molar-refractivity contribution in [2.24, 2.45) is 5.41 Å². The van der Waals surface area contributed by atoms with Crippen LogP contribution in [-0.4, -0.2) is 46.2 Å². The normalized spacial score (nSPS) is 19.5. The molecule has 0 radical (unpaired) electrons. The van der Waals surface area contributed by atoms with Gasteiger partial charge in [0.25, 0.3) is 11.8 Å². The van der Waals surface area contributed by atoms with Crippen molar-refractivity contribution in [2.45, 2.75) is 65.1 Å². The number of aromatic amines is 1. The molecule has 1 unspecified atom stereocenters. The average Bonchev–Trinajstić information content (AvgIpc) is 3.53. The Hall–Kier alpha value is -3.45. The van der Waals surface area contributed by atoms with Crippen LogP contribution in [0.1, 0.15) is 82.8 Å². The maximum atomic E-state index is 13.3. The van der Waals surface area contributed by atoms with Crippen molar-refractivity contribution >= 4 is 11.8 Å². The number of carbonyl (C=O) groups is 2. The molecule has 1 saturated heterocycles. The lowest BCUT2D eigenvalue weighted by molar-refractivity contribution is 0.0693. The maximum absolute atomic E-state index is 13.3. The monoisotopic (exact) mass is 498 g/mol. The number of rotatable bonds is 5. The standard InChI is InChI=1S/C30H34N4O3/c1-18(19-4-6-20(7-5-19)28(35)31-23-10-12-37-13-11-23)34-17-22-14-21(8-9-24(22)29(34)36)27-25-15-30(2,3)16-26(25)32-33-27/h4-9,14,18,23H,10-13,15-17H2,1-3H3,(H,31,35)(H,32,33). The van der Waals surface area contributed by atoms with Crippen molar-refractivity contribution < 1.29 is 14.3 Å². The van der Waals surface area contributed by atoms with E-state index in [0.717, 1.165) is 53.6 Å². The fourth-order valence-corrected chi connectivity index (χ4v) is 6.00. The van der Waals surface area contributed by atoms with Crippen LogP contribution >= 0.6 is 0 Å². The molecule has 192 valence electrons. The van der Waals surface area contributed by atoms with Gasteiger partial charge in [0.15, 0.2) is 0 Å². The molecule has 7 nitrogen and oxygen atoms in total. The molecule has 0 bridgehead atoms. The topological polar surface area (TPSA) is 87.3 Å². The van der Waals surface area contributed by atoms with Crippen LogP contribution in [0.5, 0.6) is 0 Å². The van der Waals surface area contributed by atoms with E-state index >= 15 is 0 Å². The average molecular weight is 499 g/mol. The third-order valence-corrected chi connectivity index (χ3v) is 8.15. The number of fused-ring (bicyclic) bond motifs is 2. The first-order chi connectivity index (χ1) is 17.8. The number of carbonyl (C=O) groups excluding carboxylic acids is 2. The van der Waals surface area contributed by atoms with Crippen LogP contribution in [-0.2, 0) is 24.1 Å². The van der Waals surface area contributed by atoms with Crippen molar-refractivity contribution in [1.82, 2.24) is 20.4 Å². The molecule has 3 aliphatic rings. The van der Waals surface area contributed by atoms with Gasteiger partial charge in [-0.2, -0.15) is 5.10 Å². The Bertz CT molecular complexity index is 1350. The van der Waals surface area contributed by atoms with Gasteiger partial charge in [-0.15, -0.1) is 0 Å². The van der Waals surface area contributed by atoms with Gasteiger partial charge in [0, 0.05) is 53.7 Å². The second kappa shape index (κ2) is 9.14. The predicted molar refractivity (Wildman–Crippen MR) is 141 cm³/mol. The molecule has 1 aliphatic carbocycles. The van der Waals surface area contributed by atoms with E-state index in [4.69, 9.17) is 4.74 Å². The quantitative estimate of drug-likeness (QED) is 0.528. The Labute approximate surface area is 217 Å². The molecule has 7 heteroatoms. The van der Waals surface area contributed by atoms with Gasteiger partial charge < -0.3 is 15.0 Å². The lowest BCUT2D eigenvalue weighted by Gasteiger charge is -2.25. The van der Waals surface area contributed by atoms with E-state index < -0.39 is 0 Å². The van der Waals surface area contributed by atoms with Crippen molar-refractivity contribution in [3.63, 3.8) is 0 Å². The van der Waals surface area contributed by atoms with Gasteiger partial charge in [0.05, 0.1) is 11.7 Å². The number of nitrogens with zero attached hydrogens (tertiary/aromatic N) is 2. The number of benzene rings is 2. The molecule has 1 atom stereocenters. The maximum Gasteiger partial charge on any atom is 0.255 e. The molecule has 6 rings (SSSR count). The molecule has 0 spiro atoms. The van der Waals surface area contributed by atoms with E-state index in [1.54, 1.807) is 0 Å². The van der Waals surface area contributed by atoms with Crippen molar-refractivity contribution in [3.05, 3.63) is 76.0 Å². The summed E-state index contributed by atoms with van der Waals surface area (Å²) in [5, 5.41) is 11.0. The third kappa shape index (κ3) is 4.46. The summed E-state index contributed by atoms with van der Waals surface area (Å²) < 4.78 is 5.37. The molecular formula is C30H34N4O3. The second-order valence-electron chi connectivity index (χ2n) is 11.5. The molecule has 0 saturated carbocycles. The zero-order chi connectivity index (χ0) is 25.7. The van der Waals surface area contributed by atoms with Gasteiger partial charge in [-0.1, -0.05) is 32.0 Å². The molecule has 2 N–H and O–H groups in total. The molecule has 2 aromatic carbocycles. The zero-order valence-electron chi connectivity index (χ0n) is 21.8. The summed E-state index contributed by atoms with van der Waals surface area (Å²) >= 11 is 0. The Morgan fingerprint density at radius 1 is 1.14 bits per heavy atom. The first kappa shape index (κ1) is 23.9. The number of amides is 2. The number of H-pyrrole nitrogens is 1. The number of nitrogens with one attached hydrogen (secondary N) is 2. The SMILES string of the molecule is CC(c1ccc(C(=O)NC2CCOCC2)cc1)N1Cc2cc(-c3n[nH]c4c3CC(C)(C)C4)ccc2C1=O. The highest BCUT2D eigenvalue weighted by molar-refractivity contribution is 5.99. The Morgan fingerprint density at radius 3 is 2.65 bits per heavy atom. The Morgan fingerprint density at radius 2 is 1.89 bits per heavy atom. The van der Waals surface area contributed by atoms with Crippen molar-refractivity contribution in [1.29, 1.82) is 0 Å². The minimum absolute atomic E-state index is 0.0452. The van der Waals surface area contributed by atoms with Gasteiger partial charge in [-0.25, -0.2) is 0 Å². The van der Waals surface area contributed by atoms with Crippen LogP contribution in [0.4, 0.5) is 0 Å². The lowest BCUT2D eigenvalue weighted by Crippen LogP contribution is -2.38. The highest BCUT2D eigenvalue weighted by Crippen LogP contribution is 2.41. The fourth-order valence-electron chi connectivity index (χ4n) is 6.00. The minimum atomic E-state index is -0.105. The summed E-state index contributed by atoms with van der Waals surface area (Å²) in [6.45, 7) is 8.57. The van der Waals surface area contributed by atoms with Gasteiger partial charge in [-0.3, -0.25) is 14.7 Å². The molecule has 3 aromatic rings. The minimum Gasteiger partial charge on any atom is -0.381 e. The zero-order valence-corrected chi connectivity index (χ0v) is 21.8. The highest BCUT2D eigenvalue weighted by atomic mass is 16.5. The largest absolute Gasteiger partial charge is 0.381 e. The van der Waals surface area contributed by atoms with E-state index in [1.165, 1.54) is 11.3 Å². The molecule has 1 fully saturated rings. The Kier molecular flexibility index (Phi) is 5.91. The van der Waals surface area contributed by atoms with Crippen molar-refractivity contribution in [2.75, 3.05) is 13.2 Å². The van der Waals surface area contributed by atoms with Crippen LogP contribution < -0.4 is 5.32 Å². The van der Waals surface area contributed by atoms with Crippen LogP contribution in [0.25, 0.3) is 11.3 Å².